The number of nitrogens with two attached hydrogens (primary N) is 1. The Balaban J connectivity index is 2.64. The molecular formula is C11H19N3. The van der Waals surface area contributed by atoms with Gasteiger partial charge in [0.2, 0.25) is 0 Å². The lowest BCUT2D eigenvalue weighted by atomic mass is 10.2. The zero-order valence-corrected chi connectivity index (χ0v) is 9.12. The van der Waals surface area contributed by atoms with Gasteiger partial charge in [0, 0.05) is 38.1 Å². The predicted molar refractivity (Wildman–Crippen MR) is 62.9 cm³/mol. The first-order chi connectivity index (χ1) is 6.63. The fraction of sp³-hybridized carbons (Fsp3) is 0.455. The molecule has 0 aliphatic rings. The molecule has 0 heterocycles. The molecule has 1 rings (SSSR count). The second-order valence-electron chi connectivity index (χ2n) is 3.72. The van der Waals surface area contributed by atoms with Gasteiger partial charge in [0.25, 0.3) is 0 Å². The highest BCUT2D eigenvalue weighted by molar-refractivity contribution is 5.54. The lowest BCUT2D eigenvalue weighted by molar-refractivity contribution is 0.804. The smallest absolute Gasteiger partial charge is 0.0362 e. The van der Waals surface area contributed by atoms with Gasteiger partial charge in [0.1, 0.15) is 0 Å². The molecular weight excluding hydrogens is 174 g/mol. The zero-order valence-electron chi connectivity index (χ0n) is 9.12. The van der Waals surface area contributed by atoms with Gasteiger partial charge in [-0.1, -0.05) is 0 Å². The van der Waals surface area contributed by atoms with Gasteiger partial charge >= 0.3 is 0 Å². The Labute approximate surface area is 85.9 Å². The van der Waals surface area contributed by atoms with Crippen molar-refractivity contribution in [2.75, 3.05) is 30.9 Å². The van der Waals surface area contributed by atoms with Crippen LogP contribution in [-0.4, -0.2) is 26.7 Å². The highest BCUT2D eigenvalue weighted by Crippen LogP contribution is 2.15. The lowest BCUT2D eigenvalue weighted by Gasteiger charge is -2.15. The summed E-state index contributed by atoms with van der Waals surface area (Å²) in [6, 6.07) is 8.64. The van der Waals surface area contributed by atoms with E-state index in [1.165, 1.54) is 5.69 Å². The maximum absolute atomic E-state index is 5.53. The van der Waals surface area contributed by atoms with Crippen molar-refractivity contribution in [1.82, 2.24) is 0 Å². The zero-order chi connectivity index (χ0) is 10.6. The highest BCUT2D eigenvalue weighted by Gasteiger charge is 1.99. The van der Waals surface area contributed by atoms with E-state index in [0.717, 1.165) is 5.69 Å². The van der Waals surface area contributed by atoms with E-state index in [1.807, 2.05) is 14.1 Å². The van der Waals surface area contributed by atoms with E-state index in [9.17, 15) is 0 Å². The molecule has 0 fully saturated rings. The average Bonchev–Trinajstić information content (AvgIpc) is 2.18. The summed E-state index contributed by atoms with van der Waals surface area (Å²) in [5, 5.41) is 3.31. The van der Waals surface area contributed by atoms with Crippen molar-refractivity contribution < 1.29 is 0 Å². The van der Waals surface area contributed by atoms with Crippen LogP contribution in [0.2, 0.25) is 0 Å². The summed E-state index contributed by atoms with van der Waals surface area (Å²) in [4.78, 5) is 2.08. The molecule has 0 amide bonds. The number of nitrogens with one attached hydrogen (secondary N) is 1. The molecule has 0 saturated heterocycles. The summed E-state index contributed by atoms with van der Waals surface area (Å²) < 4.78 is 0. The molecule has 0 bridgehead atoms. The van der Waals surface area contributed by atoms with Gasteiger partial charge in [-0.15, -0.1) is 0 Å². The van der Waals surface area contributed by atoms with E-state index >= 15 is 0 Å². The monoisotopic (exact) mass is 193 g/mol. The van der Waals surface area contributed by atoms with E-state index in [-0.39, 0.29) is 0 Å². The third-order valence-electron chi connectivity index (χ3n) is 2.15. The Morgan fingerprint density at radius 3 is 2.29 bits per heavy atom. The first kappa shape index (κ1) is 10.9. The van der Waals surface area contributed by atoms with Crippen molar-refractivity contribution in [3.8, 4) is 0 Å². The van der Waals surface area contributed by atoms with Crippen LogP contribution in [-0.2, 0) is 0 Å². The quantitative estimate of drug-likeness (QED) is 0.761. The Hall–Kier alpha value is -1.22. The topological polar surface area (TPSA) is 41.3 Å². The van der Waals surface area contributed by atoms with Crippen LogP contribution in [0.5, 0.6) is 0 Å². The fourth-order valence-electron chi connectivity index (χ4n) is 1.20. The van der Waals surface area contributed by atoms with Gasteiger partial charge in [-0.2, -0.15) is 0 Å². The van der Waals surface area contributed by atoms with Gasteiger partial charge in [-0.3, -0.25) is 0 Å². The van der Waals surface area contributed by atoms with E-state index in [2.05, 4.69) is 41.4 Å². The number of rotatable bonds is 4. The minimum absolute atomic E-state index is 0.320. The molecule has 1 aromatic carbocycles. The minimum Gasteiger partial charge on any atom is -0.381 e. The molecule has 0 saturated carbocycles. The summed E-state index contributed by atoms with van der Waals surface area (Å²) in [6.07, 6.45) is 0. The Morgan fingerprint density at radius 2 is 1.86 bits per heavy atom. The molecule has 1 unspecified atom stereocenters. The molecule has 3 heteroatoms. The van der Waals surface area contributed by atoms with Crippen LogP contribution in [0.15, 0.2) is 24.3 Å². The second-order valence-corrected chi connectivity index (χ2v) is 3.72. The van der Waals surface area contributed by atoms with Crippen LogP contribution in [0.3, 0.4) is 0 Å². The third kappa shape index (κ3) is 2.92. The van der Waals surface area contributed by atoms with Crippen molar-refractivity contribution in [1.29, 1.82) is 0 Å². The maximum atomic E-state index is 5.53. The van der Waals surface area contributed by atoms with Crippen LogP contribution in [0, 0.1) is 0 Å². The molecule has 0 aliphatic heterocycles. The van der Waals surface area contributed by atoms with Crippen molar-refractivity contribution in [3.05, 3.63) is 24.3 Å². The first-order valence-electron chi connectivity index (χ1n) is 4.87. The molecule has 14 heavy (non-hydrogen) atoms. The number of anilines is 2. The van der Waals surface area contributed by atoms with Crippen LogP contribution < -0.4 is 16.0 Å². The first-order valence-corrected chi connectivity index (χ1v) is 4.87. The summed E-state index contributed by atoms with van der Waals surface area (Å²) in [6.45, 7) is 2.72. The molecule has 0 spiro atoms. The van der Waals surface area contributed by atoms with Gasteiger partial charge in [-0.25, -0.2) is 0 Å². The SMILES string of the molecule is CC(CN)Nc1ccc(N(C)C)cc1. The largest absolute Gasteiger partial charge is 0.381 e. The van der Waals surface area contributed by atoms with Crippen molar-refractivity contribution in [3.63, 3.8) is 0 Å². The Bertz CT molecular complexity index is 266. The third-order valence-corrected chi connectivity index (χ3v) is 2.15. The summed E-state index contributed by atoms with van der Waals surface area (Å²) in [5.41, 5.74) is 7.85. The highest BCUT2D eigenvalue weighted by atomic mass is 15.1. The maximum Gasteiger partial charge on any atom is 0.0362 e. The van der Waals surface area contributed by atoms with Crippen molar-refractivity contribution in [2.45, 2.75) is 13.0 Å². The van der Waals surface area contributed by atoms with Gasteiger partial charge < -0.3 is 16.0 Å². The van der Waals surface area contributed by atoms with Crippen molar-refractivity contribution in [2.24, 2.45) is 5.73 Å². The second kappa shape index (κ2) is 4.86. The van der Waals surface area contributed by atoms with Crippen LogP contribution in [0.4, 0.5) is 11.4 Å². The molecule has 78 valence electrons. The normalized spacial score (nSPS) is 12.3. The molecule has 0 radical (unpaired) electrons. The Morgan fingerprint density at radius 1 is 1.29 bits per heavy atom. The molecule has 0 aromatic heterocycles. The van der Waals surface area contributed by atoms with E-state index in [0.29, 0.717) is 12.6 Å². The molecule has 1 atom stereocenters. The van der Waals surface area contributed by atoms with Gasteiger partial charge in [0.15, 0.2) is 0 Å². The number of benzene rings is 1. The van der Waals surface area contributed by atoms with E-state index in [1.54, 1.807) is 0 Å². The summed E-state index contributed by atoms with van der Waals surface area (Å²) in [5.74, 6) is 0. The molecule has 3 nitrogen and oxygen atoms in total. The standard InChI is InChI=1S/C11H19N3/c1-9(8-12)13-10-4-6-11(7-5-10)14(2)3/h4-7,9,13H,8,12H2,1-3H3. The fourth-order valence-corrected chi connectivity index (χ4v) is 1.20. The molecule has 1 aromatic rings. The molecule has 3 N–H and O–H groups in total. The van der Waals surface area contributed by atoms with Gasteiger partial charge in [-0.05, 0) is 31.2 Å². The predicted octanol–water partition coefficient (Wildman–Crippen LogP) is 1.51. The minimum atomic E-state index is 0.320. The van der Waals surface area contributed by atoms with Gasteiger partial charge in [0.05, 0.1) is 0 Å². The summed E-state index contributed by atoms with van der Waals surface area (Å²) in [7, 11) is 4.07. The van der Waals surface area contributed by atoms with Crippen LogP contribution >= 0.6 is 0 Å². The van der Waals surface area contributed by atoms with Crippen LogP contribution in [0.1, 0.15) is 6.92 Å². The van der Waals surface area contributed by atoms with E-state index in [4.69, 9.17) is 5.73 Å². The van der Waals surface area contributed by atoms with Crippen molar-refractivity contribution >= 4 is 11.4 Å². The molecule has 0 aliphatic carbocycles. The number of hydrogen-bond acceptors (Lipinski definition) is 3. The number of nitrogens with zero attached hydrogens (tertiary/aromatic N) is 1. The average molecular weight is 193 g/mol. The summed E-state index contributed by atoms with van der Waals surface area (Å²) >= 11 is 0. The van der Waals surface area contributed by atoms with Crippen LogP contribution in [0.25, 0.3) is 0 Å². The van der Waals surface area contributed by atoms with E-state index < -0.39 is 0 Å². The Kier molecular flexibility index (Phi) is 3.77. The number of hydrogen-bond donors (Lipinski definition) is 2. The lowest BCUT2D eigenvalue weighted by Crippen LogP contribution is -2.25.